The quantitative estimate of drug-likeness (QED) is 0.189. The van der Waals surface area contributed by atoms with E-state index in [0.717, 1.165) is 36.1 Å². The Balaban J connectivity index is 0.00000417. The Labute approximate surface area is 286 Å². The molecule has 0 spiro atoms. The molecule has 0 aliphatic carbocycles. The van der Waals surface area contributed by atoms with E-state index in [2.05, 4.69) is 21.3 Å². The van der Waals surface area contributed by atoms with Crippen molar-refractivity contribution >= 4 is 68.6 Å². The van der Waals surface area contributed by atoms with Crippen molar-refractivity contribution in [3.8, 4) is 17.7 Å². The number of piperazine rings is 1. The summed E-state index contributed by atoms with van der Waals surface area (Å²) in [4.78, 5) is 34.6. The van der Waals surface area contributed by atoms with Crippen molar-refractivity contribution in [1.29, 1.82) is 5.26 Å². The van der Waals surface area contributed by atoms with Crippen LogP contribution in [0.2, 0.25) is 10.0 Å². The van der Waals surface area contributed by atoms with Gasteiger partial charge in [-0.05, 0) is 66.2 Å². The molecular formula is C34H29BrCl2N6O3. The Morgan fingerprint density at radius 2 is 1.70 bits per heavy atom. The predicted octanol–water partition coefficient (Wildman–Crippen LogP) is 7.33. The molecule has 46 heavy (non-hydrogen) atoms. The number of anilines is 1. The Kier molecular flexibility index (Phi) is 10.3. The fraction of sp³-hybridized carbons (Fsp3) is 0.176. The third-order valence-electron chi connectivity index (χ3n) is 7.78. The number of hydrogen-bond acceptors (Lipinski definition) is 6. The number of amides is 2. The molecule has 0 saturated carbocycles. The van der Waals surface area contributed by atoms with Gasteiger partial charge in [0.15, 0.2) is 0 Å². The lowest BCUT2D eigenvalue weighted by Gasteiger charge is -2.34. The minimum atomic E-state index is -0.339. The van der Waals surface area contributed by atoms with Crippen molar-refractivity contribution in [3.63, 3.8) is 0 Å². The number of hydrogen-bond donors (Lipinski definition) is 1. The highest BCUT2D eigenvalue weighted by atomic mass is 79.9. The first-order valence-corrected chi connectivity index (χ1v) is 15.0. The first-order chi connectivity index (χ1) is 21.8. The number of rotatable bonds is 7. The van der Waals surface area contributed by atoms with Crippen LogP contribution in [-0.4, -0.2) is 57.3 Å². The second-order valence-electron chi connectivity index (χ2n) is 10.8. The van der Waals surface area contributed by atoms with Crippen LogP contribution >= 0.6 is 40.2 Å². The average molecular weight is 720 g/mol. The van der Waals surface area contributed by atoms with Crippen LogP contribution in [0, 0.1) is 11.3 Å². The van der Waals surface area contributed by atoms with Crippen LogP contribution in [0.15, 0.2) is 85.1 Å². The molecule has 9 nitrogen and oxygen atoms in total. The van der Waals surface area contributed by atoms with E-state index in [4.69, 9.17) is 33.2 Å². The number of nitrogens with zero attached hydrogens (tertiary/aromatic N) is 5. The van der Waals surface area contributed by atoms with Crippen molar-refractivity contribution < 1.29 is 14.3 Å². The second-order valence-corrected chi connectivity index (χ2v) is 11.6. The number of carbonyl (C=O) groups excluding carboxylic acids is 2. The van der Waals surface area contributed by atoms with Gasteiger partial charge < -0.3 is 19.5 Å². The molecule has 12 heteroatoms. The molecular weight excluding hydrogens is 691 g/mol. The fourth-order valence-electron chi connectivity index (χ4n) is 5.29. The zero-order valence-corrected chi connectivity index (χ0v) is 28.0. The molecule has 1 saturated heterocycles. The molecule has 0 atom stereocenters. The van der Waals surface area contributed by atoms with Crippen molar-refractivity contribution in [2.24, 2.45) is 7.05 Å². The summed E-state index contributed by atoms with van der Waals surface area (Å²) in [6.45, 7) is 3.62. The minimum absolute atomic E-state index is 0. The molecule has 1 aliphatic heterocycles. The third kappa shape index (κ3) is 7.35. The number of halogens is 3. The van der Waals surface area contributed by atoms with Gasteiger partial charge in [0, 0.05) is 62.3 Å². The molecule has 1 N–H and O–H groups in total. The Bertz CT molecular complexity index is 1930. The number of nitriles is 1. The molecule has 0 unspecified atom stereocenters. The van der Waals surface area contributed by atoms with E-state index in [-0.39, 0.29) is 28.8 Å². The van der Waals surface area contributed by atoms with E-state index in [9.17, 15) is 9.59 Å². The maximum atomic E-state index is 13.5. The number of ether oxygens (including phenoxy) is 1. The number of pyridine rings is 1. The number of benzene rings is 3. The third-order valence-corrected chi connectivity index (χ3v) is 8.52. The van der Waals surface area contributed by atoms with Gasteiger partial charge in [0.1, 0.15) is 11.4 Å². The molecule has 2 amide bonds. The average Bonchev–Trinajstić information content (AvgIpc) is 3.38. The number of fused-ring (bicyclic) bond motifs is 1. The number of nitrogens with one attached hydrogen (secondary N) is 1. The van der Waals surface area contributed by atoms with Crippen LogP contribution in [0.3, 0.4) is 0 Å². The van der Waals surface area contributed by atoms with Crippen LogP contribution < -0.4 is 10.1 Å². The van der Waals surface area contributed by atoms with E-state index >= 15 is 0 Å². The van der Waals surface area contributed by atoms with Crippen LogP contribution in [-0.2, 0) is 13.6 Å². The maximum absolute atomic E-state index is 13.5. The summed E-state index contributed by atoms with van der Waals surface area (Å²) < 4.78 is 7.89. The Hall–Kier alpha value is -4.40. The van der Waals surface area contributed by atoms with Gasteiger partial charge in [0.05, 0.1) is 33.6 Å². The maximum Gasteiger partial charge on any atom is 0.270 e. The molecule has 0 bridgehead atoms. The Morgan fingerprint density at radius 3 is 2.37 bits per heavy atom. The summed E-state index contributed by atoms with van der Waals surface area (Å²) in [6, 6.07) is 25.3. The highest BCUT2D eigenvalue weighted by molar-refractivity contribution is 8.93. The van der Waals surface area contributed by atoms with Gasteiger partial charge in [-0.15, -0.1) is 17.0 Å². The van der Waals surface area contributed by atoms with E-state index < -0.39 is 0 Å². The zero-order valence-electron chi connectivity index (χ0n) is 24.7. The van der Waals surface area contributed by atoms with Gasteiger partial charge in [-0.3, -0.25) is 14.5 Å². The van der Waals surface area contributed by atoms with E-state index in [0.29, 0.717) is 57.3 Å². The van der Waals surface area contributed by atoms with Crippen LogP contribution in [0.4, 0.5) is 5.69 Å². The number of aryl methyl sites for hydroxylation is 1. The molecule has 6 rings (SSSR count). The van der Waals surface area contributed by atoms with Crippen molar-refractivity contribution in [2.75, 3.05) is 31.5 Å². The first-order valence-electron chi connectivity index (χ1n) is 14.3. The zero-order chi connectivity index (χ0) is 31.5. The molecule has 3 heterocycles. The minimum Gasteiger partial charge on any atom is -0.439 e. The van der Waals surface area contributed by atoms with Gasteiger partial charge in [-0.1, -0.05) is 35.3 Å². The fourth-order valence-corrected chi connectivity index (χ4v) is 5.58. The summed E-state index contributed by atoms with van der Waals surface area (Å²) in [5.41, 5.74) is 4.20. The highest BCUT2D eigenvalue weighted by Gasteiger charge is 2.25. The van der Waals surface area contributed by atoms with E-state index in [1.54, 1.807) is 24.3 Å². The summed E-state index contributed by atoms with van der Waals surface area (Å²) in [5.74, 6) is 0.583. The van der Waals surface area contributed by atoms with Crippen LogP contribution in [0.1, 0.15) is 32.0 Å². The van der Waals surface area contributed by atoms with Crippen LogP contribution in [0.25, 0.3) is 10.9 Å². The molecule has 1 aliphatic rings. The van der Waals surface area contributed by atoms with Gasteiger partial charge in [0.25, 0.3) is 11.8 Å². The highest BCUT2D eigenvalue weighted by Crippen LogP contribution is 2.28. The first kappa shape index (κ1) is 33.0. The normalized spacial score (nSPS) is 13.1. The van der Waals surface area contributed by atoms with Gasteiger partial charge in [-0.2, -0.15) is 5.26 Å². The van der Waals surface area contributed by atoms with Gasteiger partial charge in [0.2, 0.25) is 5.88 Å². The molecule has 3 aromatic carbocycles. The summed E-state index contributed by atoms with van der Waals surface area (Å²) in [7, 11) is 1.89. The van der Waals surface area contributed by atoms with E-state index in [1.807, 2.05) is 65.0 Å². The van der Waals surface area contributed by atoms with Crippen molar-refractivity contribution in [1.82, 2.24) is 19.4 Å². The lowest BCUT2D eigenvalue weighted by molar-refractivity contribution is 0.0619. The Morgan fingerprint density at radius 1 is 0.935 bits per heavy atom. The number of aromatic nitrogens is 2. The second kappa shape index (κ2) is 14.4. The lowest BCUT2D eigenvalue weighted by atomic mass is 10.1. The SMILES string of the molecule is Br.Cn1c(C(=O)N2CCN(Cc3ccc(C#N)cc3)CC2)cc2cc(Oc3ccc(NC(=O)c4ccc(Cl)c(Cl)c4)cn3)ccc21. The lowest BCUT2D eigenvalue weighted by Crippen LogP contribution is -2.48. The topological polar surface area (TPSA) is 103 Å². The predicted molar refractivity (Wildman–Crippen MR) is 184 cm³/mol. The van der Waals surface area contributed by atoms with Gasteiger partial charge >= 0.3 is 0 Å². The smallest absolute Gasteiger partial charge is 0.270 e. The monoisotopic (exact) mass is 718 g/mol. The van der Waals surface area contributed by atoms with Crippen molar-refractivity contribution in [2.45, 2.75) is 6.54 Å². The molecule has 2 aromatic heterocycles. The van der Waals surface area contributed by atoms with Gasteiger partial charge in [-0.25, -0.2) is 4.98 Å². The summed E-state index contributed by atoms with van der Waals surface area (Å²) in [6.07, 6.45) is 1.51. The van der Waals surface area contributed by atoms with E-state index in [1.165, 1.54) is 12.3 Å². The molecule has 234 valence electrons. The number of carbonyl (C=O) groups is 2. The van der Waals surface area contributed by atoms with Crippen LogP contribution in [0.5, 0.6) is 11.6 Å². The summed E-state index contributed by atoms with van der Waals surface area (Å²) >= 11 is 12.0. The van der Waals surface area contributed by atoms with Crippen molar-refractivity contribution in [3.05, 3.63) is 117 Å². The standard InChI is InChI=1S/C34H28Cl2N6O3.BrH/c1-40-30-10-8-27(45-32-11-7-26(20-38-32)39-33(43)24-6-9-28(35)29(36)17-24)16-25(30)18-31(40)34(44)42-14-12-41(13-15-42)21-23-4-2-22(19-37)3-5-23;/h2-11,16-18,20H,12-15,21H2,1H3,(H,39,43);1H. The molecule has 5 aromatic rings. The molecule has 1 fully saturated rings. The summed E-state index contributed by atoms with van der Waals surface area (Å²) in [5, 5.41) is 13.3. The largest absolute Gasteiger partial charge is 0.439 e. The molecule has 0 radical (unpaired) electrons.